The number of fused-ring (bicyclic) bond motifs is 1. The van der Waals surface area contributed by atoms with Gasteiger partial charge >= 0.3 is 5.97 Å². The lowest BCUT2D eigenvalue weighted by molar-refractivity contribution is 0.0469. The lowest BCUT2D eigenvalue weighted by Gasteiger charge is -2.09. The molecule has 4 rings (SSSR count). The lowest BCUT2D eigenvalue weighted by Crippen LogP contribution is -2.15. The molecule has 1 N–H and O–H groups in total. The number of hydrogen-bond acceptors (Lipinski definition) is 4. The monoisotopic (exact) mass is 406 g/mol. The standard InChI is InChI=1S/C23H22N2O3S/c1-15-12-19(16(2)25(15)10-9-18-7-5-11-29-18)22(26)14-28-23(27)21-13-17-6-3-4-8-20(17)24-21/h3-8,11-13,24H,9-10,14H2,1-2H3. The van der Waals surface area contributed by atoms with Crippen molar-refractivity contribution in [2.24, 2.45) is 0 Å². The first kappa shape index (κ1) is 19.2. The average Bonchev–Trinajstić information content (AvgIpc) is 3.44. The molecule has 1 aromatic carbocycles. The third kappa shape index (κ3) is 4.03. The summed E-state index contributed by atoms with van der Waals surface area (Å²) in [5.74, 6) is -0.717. The van der Waals surface area contributed by atoms with Gasteiger partial charge in [-0.15, -0.1) is 11.3 Å². The number of ether oxygens (including phenoxy) is 1. The summed E-state index contributed by atoms with van der Waals surface area (Å²) >= 11 is 1.74. The van der Waals surface area contributed by atoms with Gasteiger partial charge in [-0.2, -0.15) is 0 Å². The van der Waals surface area contributed by atoms with Crippen LogP contribution in [0.3, 0.4) is 0 Å². The Morgan fingerprint density at radius 1 is 1.10 bits per heavy atom. The quantitative estimate of drug-likeness (QED) is 0.350. The third-order valence-corrected chi connectivity index (χ3v) is 6.06. The minimum Gasteiger partial charge on any atom is -0.453 e. The Balaban J connectivity index is 1.41. The van der Waals surface area contributed by atoms with Gasteiger partial charge in [-0.25, -0.2) is 4.79 Å². The number of carbonyl (C=O) groups excluding carboxylic acids is 2. The number of aromatic nitrogens is 2. The number of thiophene rings is 1. The van der Waals surface area contributed by atoms with E-state index < -0.39 is 5.97 Å². The zero-order chi connectivity index (χ0) is 20.4. The summed E-state index contributed by atoms with van der Waals surface area (Å²) in [5.41, 5.74) is 3.76. The number of rotatable bonds is 7. The van der Waals surface area contributed by atoms with Crippen LogP contribution in [0.15, 0.2) is 53.9 Å². The predicted molar refractivity (Wildman–Crippen MR) is 115 cm³/mol. The fraction of sp³-hybridized carbons (Fsp3) is 0.217. The summed E-state index contributed by atoms with van der Waals surface area (Å²) in [7, 11) is 0. The molecule has 0 saturated heterocycles. The highest BCUT2D eigenvalue weighted by Gasteiger charge is 2.18. The smallest absolute Gasteiger partial charge is 0.355 e. The Morgan fingerprint density at radius 3 is 2.69 bits per heavy atom. The van der Waals surface area contributed by atoms with Crippen LogP contribution >= 0.6 is 11.3 Å². The molecular formula is C23H22N2O3S. The van der Waals surface area contributed by atoms with E-state index in [-0.39, 0.29) is 12.4 Å². The molecule has 0 fully saturated rings. The van der Waals surface area contributed by atoms with E-state index in [9.17, 15) is 9.59 Å². The fourth-order valence-electron chi connectivity index (χ4n) is 3.57. The van der Waals surface area contributed by atoms with E-state index in [1.807, 2.05) is 50.2 Å². The molecule has 148 valence electrons. The van der Waals surface area contributed by atoms with Crippen LogP contribution in [0.1, 0.15) is 37.1 Å². The third-order valence-electron chi connectivity index (χ3n) is 5.12. The fourth-order valence-corrected chi connectivity index (χ4v) is 4.27. The first-order chi connectivity index (χ1) is 14.0. The second-order valence-electron chi connectivity index (χ2n) is 7.04. The van der Waals surface area contributed by atoms with Gasteiger partial charge < -0.3 is 14.3 Å². The Labute approximate surface area is 172 Å². The van der Waals surface area contributed by atoms with Crippen LogP contribution in [-0.4, -0.2) is 27.9 Å². The van der Waals surface area contributed by atoms with Gasteiger partial charge in [0.2, 0.25) is 5.78 Å². The first-order valence-electron chi connectivity index (χ1n) is 9.50. The second-order valence-corrected chi connectivity index (χ2v) is 8.07. The van der Waals surface area contributed by atoms with Crippen LogP contribution in [0.2, 0.25) is 0 Å². The number of carbonyl (C=O) groups is 2. The van der Waals surface area contributed by atoms with Gasteiger partial charge in [0.25, 0.3) is 0 Å². The maximum Gasteiger partial charge on any atom is 0.355 e. The van der Waals surface area contributed by atoms with Crippen LogP contribution in [0, 0.1) is 13.8 Å². The summed E-state index contributed by atoms with van der Waals surface area (Å²) in [6.45, 7) is 4.48. The highest BCUT2D eigenvalue weighted by Crippen LogP contribution is 2.19. The highest BCUT2D eigenvalue weighted by molar-refractivity contribution is 7.09. The second kappa shape index (κ2) is 8.09. The van der Waals surface area contributed by atoms with Crippen molar-refractivity contribution in [1.82, 2.24) is 9.55 Å². The summed E-state index contributed by atoms with van der Waals surface area (Å²) in [5, 5.41) is 3.00. The Morgan fingerprint density at radius 2 is 1.93 bits per heavy atom. The van der Waals surface area contributed by atoms with Gasteiger partial charge in [-0.3, -0.25) is 4.79 Å². The van der Waals surface area contributed by atoms with Crippen LogP contribution < -0.4 is 0 Å². The van der Waals surface area contributed by atoms with E-state index in [4.69, 9.17) is 4.74 Å². The SMILES string of the molecule is Cc1cc(C(=O)COC(=O)c2cc3ccccc3[nH]2)c(C)n1CCc1cccs1. The number of para-hydroxylation sites is 1. The Hall–Kier alpha value is -3.12. The van der Waals surface area contributed by atoms with Crippen molar-refractivity contribution in [1.29, 1.82) is 0 Å². The number of benzene rings is 1. The first-order valence-corrected chi connectivity index (χ1v) is 10.4. The number of esters is 1. The molecule has 0 atom stereocenters. The predicted octanol–water partition coefficient (Wildman–Crippen LogP) is 4.93. The summed E-state index contributed by atoms with van der Waals surface area (Å²) in [4.78, 5) is 29.3. The summed E-state index contributed by atoms with van der Waals surface area (Å²) in [6.07, 6.45) is 0.928. The zero-order valence-corrected chi connectivity index (χ0v) is 17.2. The maximum absolute atomic E-state index is 12.7. The van der Waals surface area contributed by atoms with E-state index in [1.165, 1.54) is 4.88 Å². The largest absolute Gasteiger partial charge is 0.453 e. The minimum atomic E-state index is -0.527. The van der Waals surface area contributed by atoms with Crippen molar-refractivity contribution < 1.29 is 14.3 Å². The number of nitrogens with zero attached hydrogens (tertiary/aromatic N) is 1. The summed E-state index contributed by atoms with van der Waals surface area (Å²) in [6, 6.07) is 15.4. The Kier molecular flexibility index (Phi) is 5.36. The lowest BCUT2D eigenvalue weighted by atomic mass is 10.1. The summed E-state index contributed by atoms with van der Waals surface area (Å²) < 4.78 is 7.41. The number of aromatic amines is 1. The van der Waals surface area contributed by atoms with E-state index in [0.29, 0.717) is 11.3 Å². The number of Topliss-reactive ketones (excluding diaryl/α,β-unsaturated/α-hetero) is 1. The molecule has 0 aliphatic carbocycles. The molecule has 0 spiro atoms. The van der Waals surface area contributed by atoms with Gasteiger partial charge in [0, 0.05) is 39.3 Å². The van der Waals surface area contributed by atoms with Crippen molar-refractivity contribution >= 4 is 34.0 Å². The number of hydrogen-bond donors (Lipinski definition) is 1. The topological polar surface area (TPSA) is 64.1 Å². The van der Waals surface area contributed by atoms with Gasteiger partial charge in [0.1, 0.15) is 5.69 Å². The normalized spacial score (nSPS) is 11.1. The molecule has 0 saturated carbocycles. The minimum absolute atomic E-state index is 0.190. The van der Waals surface area contributed by atoms with E-state index in [1.54, 1.807) is 17.4 Å². The van der Waals surface area contributed by atoms with Crippen LogP contribution in [0.4, 0.5) is 0 Å². The van der Waals surface area contributed by atoms with E-state index in [2.05, 4.69) is 21.0 Å². The molecule has 3 heterocycles. The van der Waals surface area contributed by atoms with Crippen LogP contribution in [0.5, 0.6) is 0 Å². The number of ketones is 1. The highest BCUT2D eigenvalue weighted by atomic mass is 32.1. The molecule has 0 amide bonds. The number of aryl methyl sites for hydroxylation is 2. The van der Waals surface area contributed by atoms with Crippen LogP contribution in [-0.2, 0) is 17.7 Å². The average molecular weight is 407 g/mol. The molecule has 29 heavy (non-hydrogen) atoms. The molecular weight excluding hydrogens is 384 g/mol. The molecule has 5 nitrogen and oxygen atoms in total. The number of nitrogens with one attached hydrogen (secondary N) is 1. The Bertz CT molecular complexity index is 1140. The van der Waals surface area contributed by atoms with Crippen molar-refractivity contribution in [3.63, 3.8) is 0 Å². The maximum atomic E-state index is 12.7. The van der Waals surface area contributed by atoms with Gasteiger partial charge in [0.15, 0.2) is 6.61 Å². The van der Waals surface area contributed by atoms with Crippen LogP contribution in [0.25, 0.3) is 10.9 Å². The molecule has 0 aliphatic rings. The molecule has 0 bridgehead atoms. The molecule has 4 aromatic rings. The van der Waals surface area contributed by atoms with E-state index in [0.717, 1.165) is 35.3 Å². The van der Waals surface area contributed by atoms with Crippen molar-refractivity contribution in [2.45, 2.75) is 26.8 Å². The van der Waals surface area contributed by atoms with Crippen molar-refractivity contribution in [2.75, 3.05) is 6.61 Å². The van der Waals surface area contributed by atoms with Gasteiger partial charge in [-0.05, 0) is 49.9 Å². The van der Waals surface area contributed by atoms with E-state index >= 15 is 0 Å². The molecule has 0 aliphatic heterocycles. The molecule has 0 unspecified atom stereocenters. The molecule has 3 aromatic heterocycles. The molecule has 0 radical (unpaired) electrons. The van der Waals surface area contributed by atoms with Crippen molar-refractivity contribution in [3.05, 3.63) is 81.4 Å². The van der Waals surface area contributed by atoms with Gasteiger partial charge in [0.05, 0.1) is 0 Å². The van der Waals surface area contributed by atoms with Gasteiger partial charge in [-0.1, -0.05) is 24.3 Å². The number of H-pyrrole nitrogens is 1. The zero-order valence-electron chi connectivity index (χ0n) is 16.4. The van der Waals surface area contributed by atoms with Crippen molar-refractivity contribution in [3.8, 4) is 0 Å². The molecule has 6 heteroatoms.